The quantitative estimate of drug-likeness (QED) is 0.261. The van der Waals surface area contributed by atoms with Gasteiger partial charge in [-0.3, -0.25) is 0 Å². The van der Waals surface area contributed by atoms with Gasteiger partial charge in [0, 0.05) is 39.0 Å². The Kier molecular flexibility index (Phi) is 6.57. The maximum atomic E-state index is 13.0. The van der Waals surface area contributed by atoms with Crippen LogP contribution >= 0.6 is 23.2 Å². The number of fused-ring (bicyclic) bond motifs is 1. The van der Waals surface area contributed by atoms with E-state index < -0.39 is 9.84 Å². The molecule has 0 fully saturated rings. The summed E-state index contributed by atoms with van der Waals surface area (Å²) in [6.07, 6.45) is 4.40. The zero-order chi connectivity index (χ0) is 25.3. The smallest absolute Gasteiger partial charge is 0.185 e. The highest BCUT2D eigenvalue weighted by atomic mass is 35.5. The number of hydrogen-bond donors (Lipinski definition) is 0. The van der Waals surface area contributed by atoms with E-state index in [0.29, 0.717) is 38.0 Å². The minimum atomic E-state index is -3.68. The molecule has 0 N–H and O–H groups in total. The van der Waals surface area contributed by atoms with Crippen molar-refractivity contribution in [2.24, 2.45) is 0 Å². The van der Waals surface area contributed by atoms with Gasteiger partial charge in [0.05, 0.1) is 23.2 Å². The molecular formula is C26H18Cl2N4O3S. The van der Waals surface area contributed by atoms with Crippen molar-refractivity contribution >= 4 is 43.9 Å². The van der Waals surface area contributed by atoms with Crippen LogP contribution < -0.4 is 4.74 Å². The van der Waals surface area contributed by atoms with Crippen LogP contribution in [0.2, 0.25) is 10.0 Å². The second-order valence-electron chi connectivity index (χ2n) is 7.87. The first-order valence-corrected chi connectivity index (χ1v) is 13.1. The fourth-order valence-corrected chi connectivity index (χ4v) is 5.57. The average Bonchev–Trinajstić information content (AvgIpc) is 2.88. The molecule has 0 radical (unpaired) electrons. The number of sulfone groups is 1. The van der Waals surface area contributed by atoms with E-state index in [0.717, 1.165) is 11.1 Å². The summed E-state index contributed by atoms with van der Waals surface area (Å²) in [5.74, 6) is 0.457. The molecule has 0 aliphatic rings. The monoisotopic (exact) mass is 536 g/mol. The molecule has 7 nitrogen and oxygen atoms in total. The van der Waals surface area contributed by atoms with Gasteiger partial charge in [-0.05, 0) is 54.1 Å². The molecule has 0 saturated heterocycles. The minimum absolute atomic E-state index is 0.119. The van der Waals surface area contributed by atoms with Gasteiger partial charge in [0.2, 0.25) is 0 Å². The van der Waals surface area contributed by atoms with Gasteiger partial charge in [0.1, 0.15) is 23.7 Å². The highest BCUT2D eigenvalue weighted by molar-refractivity contribution is 7.90. The van der Waals surface area contributed by atoms with E-state index >= 15 is 0 Å². The molecule has 2 heterocycles. The zero-order valence-electron chi connectivity index (χ0n) is 18.9. The molecule has 2 aromatic heterocycles. The summed E-state index contributed by atoms with van der Waals surface area (Å²) in [6.45, 7) is 0. The van der Waals surface area contributed by atoms with Crippen molar-refractivity contribution < 1.29 is 13.2 Å². The van der Waals surface area contributed by atoms with Gasteiger partial charge in [-0.1, -0.05) is 35.3 Å². The molecular weight excluding hydrogens is 519 g/mol. The lowest BCUT2D eigenvalue weighted by Gasteiger charge is -2.14. The van der Waals surface area contributed by atoms with Crippen molar-refractivity contribution in [3.8, 4) is 28.1 Å². The fourth-order valence-electron chi connectivity index (χ4n) is 3.89. The SMILES string of the molecule is COc1cc(-c2cccc(Cl)c2)c(Cl)cc1-c1ncnc2cc(S(=O)(=O)Cc3ncccn3)ccc12. The number of rotatable bonds is 6. The first-order valence-electron chi connectivity index (χ1n) is 10.7. The zero-order valence-corrected chi connectivity index (χ0v) is 21.2. The minimum Gasteiger partial charge on any atom is -0.496 e. The summed E-state index contributed by atoms with van der Waals surface area (Å²) < 4.78 is 31.6. The predicted molar refractivity (Wildman–Crippen MR) is 140 cm³/mol. The first-order chi connectivity index (χ1) is 17.4. The van der Waals surface area contributed by atoms with Gasteiger partial charge in [0.25, 0.3) is 0 Å². The molecule has 36 heavy (non-hydrogen) atoms. The molecule has 5 rings (SSSR count). The molecule has 0 aliphatic carbocycles. The number of aromatic nitrogens is 4. The fraction of sp³-hybridized carbons (Fsp3) is 0.0769. The lowest BCUT2D eigenvalue weighted by molar-refractivity contribution is 0.416. The lowest BCUT2D eigenvalue weighted by atomic mass is 9.99. The molecule has 0 unspecified atom stereocenters. The van der Waals surface area contributed by atoms with Crippen LogP contribution in [0, 0.1) is 0 Å². The van der Waals surface area contributed by atoms with Gasteiger partial charge in [-0.25, -0.2) is 28.4 Å². The van der Waals surface area contributed by atoms with Crippen molar-refractivity contribution in [2.45, 2.75) is 10.6 Å². The molecule has 0 atom stereocenters. The molecule has 5 aromatic rings. The van der Waals surface area contributed by atoms with Gasteiger partial charge in [0.15, 0.2) is 9.84 Å². The predicted octanol–water partition coefficient (Wildman–Crippen LogP) is 6.04. The third kappa shape index (κ3) is 4.75. The molecule has 0 aliphatic heterocycles. The molecule has 0 saturated carbocycles. The van der Waals surface area contributed by atoms with Gasteiger partial charge < -0.3 is 4.74 Å². The van der Waals surface area contributed by atoms with Crippen molar-refractivity contribution in [3.05, 3.63) is 95.3 Å². The second kappa shape index (κ2) is 9.81. The molecule has 10 heteroatoms. The second-order valence-corrected chi connectivity index (χ2v) is 10.7. The molecule has 180 valence electrons. The number of hydrogen-bond acceptors (Lipinski definition) is 7. The Morgan fingerprint density at radius 1 is 0.861 bits per heavy atom. The van der Waals surface area contributed by atoms with Crippen molar-refractivity contribution in [2.75, 3.05) is 7.11 Å². The Bertz CT molecular complexity index is 1700. The van der Waals surface area contributed by atoms with Crippen LogP contribution in [0.25, 0.3) is 33.3 Å². The number of ether oxygens (including phenoxy) is 1. The van der Waals surface area contributed by atoms with E-state index in [1.165, 1.54) is 30.9 Å². The van der Waals surface area contributed by atoms with Crippen LogP contribution in [0.15, 0.2) is 84.3 Å². The van der Waals surface area contributed by atoms with Crippen molar-refractivity contribution in [1.29, 1.82) is 0 Å². The third-order valence-electron chi connectivity index (χ3n) is 5.59. The van der Waals surface area contributed by atoms with Crippen molar-refractivity contribution in [3.63, 3.8) is 0 Å². The largest absolute Gasteiger partial charge is 0.496 e. The van der Waals surface area contributed by atoms with Crippen LogP contribution in [-0.4, -0.2) is 35.5 Å². The molecule has 0 bridgehead atoms. The topological polar surface area (TPSA) is 94.9 Å². The Morgan fingerprint density at radius 3 is 2.42 bits per heavy atom. The molecule has 3 aromatic carbocycles. The number of benzene rings is 3. The highest BCUT2D eigenvalue weighted by Gasteiger charge is 2.20. The average molecular weight is 537 g/mol. The van der Waals surface area contributed by atoms with Gasteiger partial charge in [-0.15, -0.1) is 0 Å². The van der Waals surface area contributed by atoms with Crippen LogP contribution in [0.1, 0.15) is 5.82 Å². The Morgan fingerprint density at radius 2 is 1.67 bits per heavy atom. The normalized spacial score (nSPS) is 11.5. The Labute approximate surface area is 217 Å². The van der Waals surface area contributed by atoms with E-state index in [1.54, 1.807) is 31.4 Å². The van der Waals surface area contributed by atoms with Gasteiger partial charge >= 0.3 is 0 Å². The van der Waals surface area contributed by atoms with Crippen LogP contribution in [0.4, 0.5) is 0 Å². The summed E-state index contributed by atoms with van der Waals surface area (Å²) in [5, 5.41) is 1.73. The first kappa shape index (κ1) is 24.1. The van der Waals surface area contributed by atoms with Crippen LogP contribution in [0.5, 0.6) is 5.75 Å². The number of halogens is 2. The molecule has 0 spiro atoms. The lowest BCUT2D eigenvalue weighted by Crippen LogP contribution is -2.08. The highest BCUT2D eigenvalue weighted by Crippen LogP contribution is 2.41. The third-order valence-corrected chi connectivity index (χ3v) is 7.74. The number of nitrogens with zero attached hydrogens (tertiary/aromatic N) is 4. The van der Waals surface area contributed by atoms with E-state index in [4.69, 9.17) is 27.9 Å². The van der Waals surface area contributed by atoms with Gasteiger partial charge in [-0.2, -0.15) is 0 Å². The summed E-state index contributed by atoms with van der Waals surface area (Å²) in [7, 11) is -2.12. The van der Waals surface area contributed by atoms with Crippen LogP contribution in [-0.2, 0) is 15.6 Å². The van der Waals surface area contributed by atoms with Crippen molar-refractivity contribution in [1.82, 2.24) is 19.9 Å². The standard InChI is InChI=1S/C26H18Cl2N4O3S/c1-35-24-13-20(16-4-2-5-17(27)10-16)22(28)12-21(24)26-19-7-6-18(11-23(19)31-15-32-26)36(33,34)14-25-29-8-3-9-30-25/h2-13,15H,14H2,1H3. The summed E-state index contributed by atoms with van der Waals surface area (Å²) in [5.41, 5.74) is 3.28. The van der Waals surface area contributed by atoms with E-state index in [1.807, 2.05) is 24.3 Å². The molecule has 0 amide bonds. The van der Waals surface area contributed by atoms with E-state index in [2.05, 4.69) is 19.9 Å². The number of methoxy groups -OCH3 is 1. The Hall–Kier alpha value is -3.59. The summed E-state index contributed by atoms with van der Waals surface area (Å²) in [6, 6.07) is 17.3. The summed E-state index contributed by atoms with van der Waals surface area (Å²) >= 11 is 12.8. The van der Waals surface area contributed by atoms with E-state index in [9.17, 15) is 8.42 Å². The summed E-state index contributed by atoms with van der Waals surface area (Å²) in [4.78, 5) is 16.9. The van der Waals surface area contributed by atoms with Crippen LogP contribution in [0.3, 0.4) is 0 Å². The maximum Gasteiger partial charge on any atom is 0.185 e. The van der Waals surface area contributed by atoms with E-state index in [-0.39, 0.29) is 16.5 Å². The maximum absolute atomic E-state index is 13.0. The Balaban J connectivity index is 1.59.